The van der Waals surface area contributed by atoms with E-state index in [0.29, 0.717) is 6.42 Å². The van der Waals surface area contributed by atoms with E-state index in [2.05, 4.69) is 32.8 Å². The summed E-state index contributed by atoms with van der Waals surface area (Å²) in [6, 6.07) is 7.64. The molecule has 0 bridgehead atoms. The normalized spacial score (nSPS) is 15.8. The van der Waals surface area contributed by atoms with Crippen LogP contribution in [0.1, 0.15) is 36.0 Å². The summed E-state index contributed by atoms with van der Waals surface area (Å²) in [7, 11) is 2.15. The maximum atomic E-state index is 12.1. The summed E-state index contributed by atoms with van der Waals surface area (Å²) in [4.78, 5) is 16.9. The van der Waals surface area contributed by atoms with Crippen molar-refractivity contribution >= 4 is 21.7 Å². The summed E-state index contributed by atoms with van der Waals surface area (Å²) < 4.78 is 1.01. The number of rotatable bonds is 8. The van der Waals surface area contributed by atoms with Crippen molar-refractivity contribution < 1.29 is 4.79 Å². The van der Waals surface area contributed by atoms with Gasteiger partial charge in [0.05, 0.1) is 0 Å². The number of likely N-dealkylation sites (N-methyl/N-ethyl adjacent to an activating group) is 1. The Morgan fingerprint density at radius 1 is 1.19 bits per heavy atom. The molecule has 0 spiro atoms. The topological polar surface area (TPSA) is 23.6 Å². The van der Waals surface area contributed by atoms with Crippen LogP contribution in [0.25, 0.3) is 0 Å². The number of Topliss-reactive ketones (excluding diaryl/α,β-unsaturated/α-hetero) is 1. The molecule has 1 aromatic carbocycles. The number of ketones is 1. The van der Waals surface area contributed by atoms with Crippen LogP contribution in [-0.4, -0.2) is 55.4 Å². The van der Waals surface area contributed by atoms with Gasteiger partial charge in [0.25, 0.3) is 0 Å². The van der Waals surface area contributed by atoms with Gasteiger partial charge in [0.2, 0.25) is 0 Å². The van der Waals surface area contributed by atoms with E-state index in [9.17, 15) is 4.79 Å². The number of hydrogen-bond donors (Lipinski definition) is 0. The molecule has 0 aromatic heterocycles. The Bertz CT molecular complexity index is 441. The molecule has 1 aromatic rings. The molecule has 116 valence electrons. The lowest BCUT2D eigenvalue weighted by molar-refractivity contribution is 0.0975. The lowest BCUT2D eigenvalue weighted by Crippen LogP contribution is -2.32. The Labute approximate surface area is 136 Å². The number of nitrogens with zero attached hydrogens (tertiary/aromatic N) is 2. The quantitative estimate of drug-likeness (QED) is 0.669. The molecule has 0 N–H and O–H groups in total. The molecule has 3 nitrogen and oxygen atoms in total. The van der Waals surface area contributed by atoms with Gasteiger partial charge in [0.1, 0.15) is 0 Å². The Morgan fingerprint density at radius 3 is 2.52 bits per heavy atom. The Morgan fingerprint density at radius 2 is 1.86 bits per heavy atom. The molecule has 0 atom stereocenters. The van der Waals surface area contributed by atoms with Gasteiger partial charge in [-0.3, -0.25) is 4.79 Å². The van der Waals surface area contributed by atoms with E-state index in [0.717, 1.165) is 36.1 Å². The van der Waals surface area contributed by atoms with Gasteiger partial charge in [-0.25, -0.2) is 0 Å². The van der Waals surface area contributed by atoms with Crippen LogP contribution < -0.4 is 0 Å². The highest BCUT2D eigenvalue weighted by Crippen LogP contribution is 2.13. The zero-order chi connectivity index (χ0) is 15.1. The number of benzene rings is 1. The van der Waals surface area contributed by atoms with Gasteiger partial charge >= 0.3 is 0 Å². The minimum atomic E-state index is 0.246. The van der Waals surface area contributed by atoms with Crippen LogP contribution in [0, 0.1) is 0 Å². The first kappa shape index (κ1) is 16.7. The first-order valence-electron chi connectivity index (χ1n) is 7.85. The molecule has 0 aliphatic carbocycles. The van der Waals surface area contributed by atoms with Crippen LogP contribution >= 0.6 is 15.9 Å². The van der Waals surface area contributed by atoms with Crippen molar-refractivity contribution in [2.75, 3.05) is 39.8 Å². The third kappa shape index (κ3) is 5.89. The monoisotopic (exact) mass is 352 g/mol. The van der Waals surface area contributed by atoms with Gasteiger partial charge in [0.15, 0.2) is 5.78 Å². The van der Waals surface area contributed by atoms with E-state index in [1.807, 2.05) is 24.3 Å². The second-order valence-electron chi connectivity index (χ2n) is 5.89. The van der Waals surface area contributed by atoms with Crippen molar-refractivity contribution in [1.82, 2.24) is 9.80 Å². The van der Waals surface area contributed by atoms with Crippen LogP contribution in [-0.2, 0) is 0 Å². The molecule has 0 radical (unpaired) electrons. The number of hydrogen-bond acceptors (Lipinski definition) is 3. The Balaban J connectivity index is 1.61. The van der Waals surface area contributed by atoms with Gasteiger partial charge < -0.3 is 9.80 Å². The first-order valence-corrected chi connectivity index (χ1v) is 8.64. The fraction of sp³-hybridized carbons (Fsp3) is 0.588. The van der Waals surface area contributed by atoms with E-state index < -0.39 is 0 Å². The van der Waals surface area contributed by atoms with Crippen molar-refractivity contribution in [2.45, 2.75) is 25.7 Å². The molecule has 2 rings (SSSR count). The molecule has 0 unspecified atom stereocenters. The van der Waals surface area contributed by atoms with Crippen LogP contribution in [0.15, 0.2) is 28.7 Å². The van der Waals surface area contributed by atoms with E-state index in [4.69, 9.17) is 0 Å². The third-order valence-electron chi connectivity index (χ3n) is 4.11. The number of likely N-dealkylation sites (tertiary alicyclic amines) is 1. The molecule has 0 amide bonds. The maximum Gasteiger partial charge on any atom is 0.162 e. The van der Waals surface area contributed by atoms with Crippen LogP contribution in [0.2, 0.25) is 0 Å². The summed E-state index contributed by atoms with van der Waals surface area (Å²) >= 11 is 3.39. The molecular formula is C17H25BrN2O. The molecular weight excluding hydrogens is 328 g/mol. The van der Waals surface area contributed by atoms with Crippen molar-refractivity contribution in [2.24, 2.45) is 0 Å². The fourth-order valence-electron chi connectivity index (χ4n) is 2.72. The molecule has 0 saturated carbocycles. The predicted octanol–water partition coefficient (Wildman–Crippen LogP) is 3.44. The molecule has 4 heteroatoms. The lowest BCUT2D eigenvalue weighted by atomic mass is 10.1. The largest absolute Gasteiger partial charge is 0.305 e. The van der Waals surface area contributed by atoms with Gasteiger partial charge in [-0.05, 0) is 58.1 Å². The second-order valence-corrected chi connectivity index (χ2v) is 6.80. The van der Waals surface area contributed by atoms with Crippen LogP contribution in [0.4, 0.5) is 0 Å². The van der Waals surface area contributed by atoms with Crippen molar-refractivity contribution in [3.05, 3.63) is 34.3 Å². The zero-order valence-electron chi connectivity index (χ0n) is 12.9. The maximum absolute atomic E-state index is 12.1. The minimum Gasteiger partial charge on any atom is -0.305 e. The average molecular weight is 353 g/mol. The lowest BCUT2D eigenvalue weighted by Gasteiger charge is -2.21. The summed E-state index contributed by atoms with van der Waals surface area (Å²) in [5.74, 6) is 0.246. The SMILES string of the molecule is CN(CCCC(=O)c1ccc(Br)cc1)CCN1CCCC1. The first-order chi connectivity index (χ1) is 10.1. The van der Waals surface area contributed by atoms with Crippen molar-refractivity contribution in [1.29, 1.82) is 0 Å². The van der Waals surface area contributed by atoms with Gasteiger partial charge in [0, 0.05) is 29.5 Å². The highest BCUT2D eigenvalue weighted by atomic mass is 79.9. The zero-order valence-corrected chi connectivity index (χ0v) is 14.4. The Kier molecular flexibility index (Phi) is 6.87. The van der Waals surface area contributed by atoms with E-state index >= 15 is 0 Å². The highest BCUT2D eigenvalue weighted by molar-refractivity contribution is 9.10. The molecule has 1 aliphatic rings. The molecule has 1 saturated heterocycles. The second kappa shape index (κ2) is 8.66. The highest BCUT2D eigenvalue weighted by Gasteiger charge is 2.12. The predicted molar refractivity (Wildman–Crippen MR) is 90.9 cm³/mol. The molecule has 1 heterocycles. The van der Waals surface area contributed by atoms with Crippen molar-refractivity contribution in [3.8, 4) is 0 Å². The molecule has 21 heavy (non-hydrogen) atoms. The summed E-state index contributed by atoms with van der Waals surface area (Å²) in [5.41, 5.74) is 0.818. The summed E-state index contributed by atoms with van der Waals surface area (Å²) in [6.07, 6.45) is 4.28. The average Bonchev–Trinajstić information content (AvgIpc) is 2.99. The standard InChI is InChI=1S/C17H25BrN2O/c1-19(13-14-20-11-2-3-12-20)10-4-5-17(21)15-6-8-16(18)9-7-15/h6-9H,2-5,10-14H2,1H3. The van der Waals surface area contributed by atoms with Crippen molar-refractivity contribution in [3.63, 3.8) is 0 Å². The third-order valence-corrected chi connectivity index (χ3v) is 4.64. The van der Waals surface area contributed by atoms with E-state index in [-0.39, 0.29) is 5.78 Å². The smallest absolute Gasteiger partial charge is 0.162 e. The van der Waals surface area contributed by atoms with E-state index in [1.165, 1.54) is 25.9 Å². The summed E-state index contributed by atoms with van der Waals surface area (Å²) in [6.45, 7) is 5.78. The number of halogens is 1. The van der Waals surface area contributed by atoms with E-state index in [1.54, 1.807) is 0 Å². The van der Waals surface area contributed by atoms with Crippen LogP contribution in [0.5, 0.6) is 0 Å². The summed E-state index contributed by atoms with van der Waals surface area (Å²) in [5, 5.41) is 0. The van der Waals surface area contributed by atoms with Gasteiger partial charge in [-0.15, -0.1) is 0 Å². The van der Waals surface area contributed by atoms with Crippen LogP contribution in [0.3, 0.4) is 0 Å². The number of carbonyl (C=O) groups excluding carboxylic acids is 1. The van der Waals surface area contributed by atoms with Gasteiger partial charge in [-0.2, -0.15) is 0 Å². The van der Waals surface area contributed by atoms with Gasteiger partial charge in [-0.1, -0.05) is 28.1 Å². The number of carbonyl (C=O) groups is 1. The Hall–Kier alpha value is -0.710. The molecule has 1 fully saturated rings. The fourth-order valence-corrected chi connectivity index (χ4v) is 2.98. The minimum absolute atomic E-state index is 0.246. The molecule has 1 aliphatic heterocycles.